The summed E-state index contributed by atoms with van der Waals surface area (Å²) in [5.41, 5.74) is 4.25. The molecule has 9 aliphatic rings. The minimum Gasteiger partial charge on any atom is -0.455 e. The zero-order valence-electron chi connectivity index (χ0n) is 39.2. The van der Waals surface area contributed by atoms with Crippen molar-refractivity contribution in [2.24, 2.45) is 0 Å². The van der Waals surface area contributed by atoms with Gasteiger partial charge >= 0.3 is 18.1 Å². The van der Waals surface area contributed by atoms with E-state index in [0.717, 1.165) is 112 Å². The molecule has 0 unspecified atom stereocenters. The lowest BCUT2D eigenvalue weighted by molar-refractivity contribution is -0.191. The molecule has 368 valence electrons. The summed E-state index contributed by atoms with van der Waals surface area (Å²) in [6, 6.07) is 25.6. The lowest BCUT2D eigenvalue weighted by Crippen LogP contribution is -2.49. The Labute approximate surface area is 419 Å². The molecule has 0 amide bonds. The molecule has 5 heterocycles. The second-order valence-electron chi connectivity index (χ2n) is 19.2. The summed E-state index contributed by atoms with van der Waals surface area (Å²) in [5, 5.41) is 3.30. The van der Waals surface area contributed by atoms with Gasteiger partial charge in [-0.3, -0.25) is 4.79 Å². The fraction of sp³-hybridized carbons (Fsp3) is 0.593. The van der Waals surface area contributed by atoms with Gasteiger partial charge in [-0.05, 0) is 113 Å². The van der Waals surface area contributed by atoms with E-state index in [1.54, 1.807) is 0 Å². The topological polar surface area (TPSA) is 141 Å². The van der Waals surface area contributed by atoms with Gasteiger partial charge in [0, 0.05) is 43.0 Å². The quantitative estimate of drug-likeness (QED) is 0.171. The molecule has 3 aromatic carbocycles. The zero-order valence-corrected chi connectivity index (χ0v) is 42.4. The van der Waals surface area contributed by atoms with E-state index in [4.69, 9.17) is 28.5 Å². The molecule has 7 fully saturated rings. The number of ketones is 1. The first-order valence-corrected chi connectivity index (χ1v) is 25.2. The van der Waals surface area contributed by atoms with Gasteiger partial charge in [-0.2, -0.15) is 9.59 Å². The average Bonchev–Trinajstić information content (AvgIpc) is 4.27. The Balaban J connectivity index is 0.000000179. The molecule has 0 radical (unpaired) electrons. The Morgan fingerprint density at radius 2 is 0.806 bits per heavy atom. The van der Waals surface area contributed by atoms with Crippen molar-refractivity contribution in [1.29, 1.82) is 0 Å². The highest BCUT2D eigenvalue weighted by molar-refractivity contribution is 9.10. The predicted molar refractivity (Wildman–Crippen MR) is 267 cm³/mol. The second kappa shape index (κ2) is 28.3. The molecular formula is C54H72BrCl2NO9. The maximum Gasteiger partial charge on any atom is 0.373 e. The van der Waals surface area contributed by atoms with Gasteiger partial charge in [-0.15, -0.1) is 24.8 Å². The molecule has 0 bridgehead atoms. The van der Waals surface area contributed by atoms with Gasteiger partial charge in [0.15, 0.2) is 0 Å². The van der Waals surface area contributed by atoms with Crippen LogP contribution in [0, 0.1) is 0 Å². The largest absolute Gasteiger partial charge is 0.455 e. The number of benzene rings is 3. The van der Waals surface area contributed by atoms with Crippen molar-refractivity contribution >= 4 is 64.6 Å². The number of epoxide rings is 2. The van der Waals surface area contributed by atoms with Crippen LogP contribution in [-0.2, 0) is 46.2 Å². The molecule has 4 saturated carbocycles. The van der Waals surface area contributed by atoms with Crippen molar-refractivity contribution in [2.45, 2.75) is 177 Å². The summed E-state index contributed by atoms with van der Waals surface area (Å²) >= 11 is 3.31. The summed E-state index contributed by atoms with van der Waals surface area (Å²) < 4.78 is 23.2. The van der Waals surface area contributed by atoms with Crippen LogP contribution in [0.3, 0.4) is 0 Å². The van der Waals surface area contributed by atoms with E-state index in [2.05, 4.69) is 27.3 Å². The van der Waals surface area contributed by atoms with Crippen LogP contribution in [0.1, 0.15) is 173 Å². The number of Topliss-reactive ketones (excluding diaryl/α,β-unsaturated/α-hetero) is 1. The van der Waals surface area contributed by atoms with Gasteiger partial charge in [-0.1, -0.05) is 122 Å². The number of carbonyl (C=O) groups excluding carboxylic acids is 5. The van der Waals surface area contributed by atoms with Crippen LogP contribution in [0.25, 0.3) is 0 Å². The molecule has 0 aromatic heterocycles. The predicted octanol–water partition coefficient (Wildman–Crippen LogP) is 12.3. The van der Waals surface area contributed by atoms with Crippen LogP contribution in [0.2, 0.25) is 0 Å². The van der Waals surface area contributed by atoms with E-state index in [0.29, 0.717) is 17.0 Å². The van der Waals surface area contributed by atoms with Gasteiger partial charge in [0.05, 0.1) is 35.5 Å². The first-order valence-electron chi connectivity index (χ1n) is 24.4. The van der Waals surface area contributed by atoms with Crippen molar-refractivity contribution in [2.75, 3.05) is 26.3 Å². The lowest BCUT2D eigenvalue weighted by atomic mass is 9.78. The number of piperidine rings is 1. The summed E-state index contributed by atoms with van der Waals surface area (Å²) in [6.45, 7) is 4.00. The maximum atomic E-state index is 11.9. The minimum absolute atomic E-state index is 0. The standard InChI is InChI=1S/C14H16O2.C13H15NO2.2C7H12O.C6H5Br.C6H10O.CO2.2ClH/c15-13-12-7-3-2-6-11(12)10-14(16-13)8-4-1-5-9-14;15-12-11-4-2-1-3-10(11)9-13(16-12)5-7-14-8-6-13;2*1-2-4-7(5-3-1)6-8-7;2*7-6-4-2-1-3-5-6;2-1-3;;/h2-3,6-7H,1,4-5,8-10H2;1-4,14H,5-9H2;2*1-6H2;1-5H;1-5H2;;2*1H. The van der Waals surface area contributed by atoms with Crippen molar-refractivity contribution in [3.05, 3.63) is 106 Å². The first kappa shape index (κ1) is 56.2. The van der Waals surface area contributed by atoms with Crippen LogP contribution < -0.4 is 5.32 Å². The van der Waals surface area contributed by atoms with Crippen molar-refractivity contribution in [3.8, 4) is 0 Å². The highest BCUT2D eigenvalue weighted by atomic mass is 79.9. The highest BCUT2D eigenvalue weighted by Gasteiger charge is 2.46. The van der Waals surface area contributed by atoms with Crippen molar-refractivity contribution in [3.63, 3.8) is 0 Å². The second-order valence-corrected chi connectivity index (χ2v) is 20.1. The number of ether oxygens (including phenoxy) is 4. The highest BCUT2D eigenvalue weighted by Crippen LogP contribution is 2.42. The zero-order chi connectivity index (χ0) is 45.9. The van der Waals surface area contributed by atoms with E-state index in [9.17, 15) is 14.4 Å². The van der Waals surface area contributed by atoms with Gasteiger partial charge in [0.2, 0.25) is 0 Å². The molecule has 3 aromatic rings. The van der Waals surface area contributed by atoms with Gasteiger partial charge in [0.1, 0.15) is 17.0 Å². The SMILES string of the molecule is Brc1ccccc1.C1CCC2(CC1)CO2.C1CCC2(CC1)CO2.Cl.Cl.O=C1CCCCC1.O=C1OC2(CCCCC2)Cc2ccccc21.O=C1OC2(CCNCC2)Cc2ccccc21.O=C=O. The number of nitrogens with one attached hydrogen (secondary N) is 1. The number of halogens is 3. The van der Waals surface area contributed by atoms with Crippen molar-refractivity contribution in [1.82, 2.24) is 5.32 Å². The fourth-order valence-corrected chi connectivity index (χ4v) is 10.5. The van der Waals surface area contributed by atoms with Crippen molar-refractivity contribution < 1.29 is 42.9 Å². The van der Waals surface area contributed by atoms with E-state index >= 15 is 0 Å². The van der Waals surface area contributed by atoms with Crippen LogP contribution in [0.4, 0.5) is 0 Å². The molecule has 12 rings (SSSR count). The molecule has 0 atom stereocenters. The number of rotatable bonds is 0. The van der Waals surface area contributed by atoms with Crippen LogP contribution >= 0.6 is 40.7 Å². The van der Waals surface area contributed by atoms with Gasteiger partial charge < -0.3 is 24.3 Å². The van der Waals surface area contributed by atoms with Crippen LogP contribution in [-0.4, -0.2) is 72.6 Å². The number of hydrogen-bond acceptors (Lipinski definition) is 10. The number of carbonyl (C=O) groups is 3. The van der Waals surface area contributed by atoms with E-state index < -0.39 is 0 Å². The summed E-state index contributed by atoms with van der Waals surface area (Å²) in [4.78, 5) is 50.6. The summed E-state index contributed by atoms with van der Waals surface area (Å²) in [6.07, 6.45) is 28.7. The Morgan fingerprint density at radius 3 is 1.13 bits per heavy atom. The first-order chi connectivity index (χ1) is 31.6. The number of esters is 2. The Kier molecular flexibility index (Phi) is 23.7. The maximum absolute atomic E-state index is 11.9. The van der Waals surface area contributed by atoms with E-state index in [1.807, 2.05) is 72.8 Å². The normalized spacial score (nSPS) is 22.1. The van der Waals surface area contributed by atoms with E-state index in [1.165, 1.54) is 95.5 Å². The molecular weight excluding hydrogens is 957 g/mol. The summed E-state index contributed by atoms with van der Waals surface area (Å²) in [7, 11) is 0. The lowest BCUT2D eigenvalue weighted by Gasteiger charge is -2.40. The molecule has 5 aliphatic heterocycles. The Morgan fingerprint density at radius 1 is 0.463 bits per heavy atom. The van der Waals surface area contributed by atoms with Gasteiger partial charge in [-0.25, -0.2) is 9.59 Å². The van der Waals surface area contributed by atoms with Gasteiger partial charge in [0.25, 0.3) is 0 Å². The smallest absolute Gasteiger partial charge is 0.373 e. The molecule has 4 spiro atoms. The molecule has 67 heavy (non-hydrogen) atoms. The number of fused-ring (bicyclic) bond motifs is 2. The molecule has 10 nitrogen and oxygen atoms in total. The molecule has 4 aliphatic carbocycles. The fourth-order valence-electron chi connectivity index (χ4n) is 10.2. The average molecular weight is 1030 g/mol. The van der Waals surface area contributed by atoms with Crippen LogP contribution in [0.15, 0.2) is 83.3 Å². The monoisotopic (exact) mass is 1030 g/mol. The molecule has 1 N–H and O–H groups in total. The molecule has 13 heteroatoms. The third kappa shape index (κ3) is 18.1. The molecule has 3 saturated heterocycles. The van der Waals surface area contributed by atoms with E-state index in [-0.39, 0.29) is 54.1 Å². The summed E-state index contributed by atoms with van der Waals surface area (Å²) in [5.74, 6) is 0.193. The Bertz CT molecular complexity index is 1870. The Hall–Kier alpha value is -3.41. The third-order valence-corrected chi connectivity index (χ3v) is 14.7. The number of hydrogen-bond donors (Lipinski definition) is 1. The minimum atomic E-state index is -0.239. The third-order valence-electron chi connectivity index (χ3n) is 14.2. The van der Waals surface area contributed by atoms with Crippen LogP contribution in [0.5, 0.6) is 0 Å².